The molecule has 0 aliphatic carbocycles. The molecular weight excluding hydrogens is 375 g/mol. The van der Waals surface area contributed by atoms with Gasteiger partial charge in [-0.1, -0.05) is 27.5 Å². The van der Waals surface area contributed by atoms with Gasteiger partial charge in [0.05, 0.1) is 4.88 Å². The van der Waals surface area contributed by atoms with E-state index in [1.807, 2.05) is 12.1 Å². The second-order valence-corrected chi connectivity index (χ2v) is 6.49. The maximum absolute atomic E-state index is 12.0. The van der Waals surface area contributed by atoms with Crippen LogP contribution in [0.3, 0.4) is 0 Å². The molecule has 16 heavy (non-hydrogen) atoms. The van der Waals surface area contributed by atoms with Gasteiger partial charge in [-0.25, -0.2) is 0 Å². The largest absolute Gasteiger partial charge is 0.288 e. The van der Waals surface area contributed by atoms with Gasteiger partial charge in [-0.3, -0.25) is 4.79 Å². The molecule has 0 N–H and O–H groups in total. The molecule has 0 fully saturated rings. The Balaban J connectivity index is 2.35. The van der Waals surface area contributed by atoms with Crippen LogP contribution in [0.4, 0.5) is 0 Å². The van der Waals surface area contributed by atoms with Gasteiger partial charge in [0, 0.05) is 14.5 Å². The third-order valence-electron chi connectivity index (χ3n) is 1.98. The molecule has 0 radical (unpaired) electrons. The van der Waals surface area contributed by atoms with Gasteiger partial charge in [0.25, 0.3) is 0 Å². The molecule has 1 aromatic carbocycles. The van der Waals surface area contributed by atoms with Crippen LogP contribution in [-0.2, 0) is 0 Å². The SMILES string of the molecule is O=C(c1ccc(Br)cc1)c1cc(Br)c(Cl)s1. The Morgan fingerprint density at radius 1 is 1.19 bits per heavy atom. The highest BCUT2D eigenvalue weighted by molar-refractivity contribution is 9.10. The number of rotatable bonds is 2. The molecular formula is C11H5Br2ClOS. The van der Waals surface area contributed by atoms with Crippen LogP contribution in [0.1, 0.15) is 15.2 Å². The number of halogens is 3. The maximum Gasteiger partial charge on any atom is 0.203 e. The maximum atomic E-state index is 12.0. The highest BCUT2D eigenvalue weighted by Crippen LogP contribution is 2.33. The monoisotopic (exact) mass is 378 g/mol. The summed E-state index contributed by atoms with van der Waals surface area (Å²) >= 11 is 13.8. The van der Waals surface area contributed by atoms with Gasteiger partial charge in [0.15, 0.2) is 0 Å². The zero-order chi connectivity index (χ0) is 11.7. The van der Waals surface area contributed by atoms with Crippen LogP contribution in [0.5, 0.6) is 0 Å². The van der Waals surface area contributed by atoms with E-state index in [4.69, 9.17) is 11.6 Å². The highest BCUT2D eigenvalue weighted by atomic mass is 79.9. The van der Waals surface area contributed by atoms with E-state index in [0.29, 0.717) is 14.8 Å². The fraction of sp³-hybridized carbons (Fsp3) is 0. The molecule has 0 amide bonds. The fourth-order valence-electron chi connectivity index (χ4n) is 1.20. The lowest BCUT2D eigenvalue weighted by Crippen LogP contribution is -1.97. The van der Waals surface area contributed by atoms with Crippen molar-refractivity contribution in [3.8, 4) is 0 Å². The summed E-state index contributed by atoms with van der Waals surface area (Å²) in [6, 6.07) is 9.01. The Labute approximate surface area is 119 Å². The van der Waals surface area contributed by atoms with Gasteiger partial charge in [-0.05, 0) is 46.3 Å². The van der Waals surface area contributed by atoms with Gasteiger partial charge < -0.3 is 0 Å². The van der Waals surface area contributed by atoms with Gasteiger partial charge in [-0.15, -0.1) is 11.3 Å². The van der Waals surface area contributed by atoms with Crippen molar-refractivity contribution in [1.29, 1.82) is 0 Å². The van der Waals surface area contributed by atoms with Crippen LogP contribution >= 0.6 is 54.8 Å². The minimum absolute atomic E-state index is 0.00917. The molecule has 0 unspecified atom stereocenters. The number of ketones is 1. The van der Waals surface area contributed by atoms with E-state index in [9.17, 15) is 4.79 Å². The highest BCUT2D eigenvalue weighted by Gasteiger charge is 2.13. The Morgan fingerprint density at radius 2 is 1.81 bits per heavy atom. The second kappa shape index (κ2) is 5.00. The molecule has 0 saturated carbocycles. The molecule has 1 nitrogen and oxygen atoms in total. The zero-order valence-electron chi connectivity index (χ0n) is 7.84. The lowest BCUT2D eigenvalue weighted by atomic mass is 10.1. The van der Waals surface area contributed by atoms with Crippen molar-refractivity contribution in [2.45, 2.75) is 0 Å². The van der Waals surface area contributed by atoms with E-state index < -0.39 is 0 Å². The number of thiophene rings is 1. The molecule has 0 bridgehead atoms. The summed E-state index contributed by atoms with van der Waals surface area (Å²) in [6.45, 7) is 0. The van der Waals surface area contributed by atoms with Crippen LogP contribution in [0, 0.1) is 0 Å². The topological polar surface area (TPSA) is 17.1 Å². The third-order valence-corrected chi connectivity index (χ3v) is 4.98. The third kappa shape index (κ3) is 2.56. The molecule has 1 heterocycles. The van der Waals surface area contributed by atoms with Gasteiger partial charge in [-0.2, -0.15) is 0 Å². The minimum atomic E-state index is -0.00917. The normalized spacial score (nSPS) is 10.4. The van der Waals surface area contributed by atoms with Gasteiger partial charge in [0.2, 0.25) is 5.78 Å². The first-order chi connectivity index (χ1) is 7.58. The minimum Gasteiger partial charge on any atom is -0.288 e. The summed E-state index contributed by atoms with van der Waals surface area (Å²) in [7, 11) is 0. The molecule has 2 aromatic rings. The predicted molar refractivity (Wildman–Crippen MR) is 74.6 cm³/mol. The number of carbonyl (C=O) groups excluding carboxylic acids is 1. The fourth-order valence-corrected chi connectivity index (χ4v) is 3.13. The number of carbonyl (C=O) groups is 1. The summed E-state index contributed by atoms with van der Waals surface area (Å²) in [4.78, 5) is 12.7. The van der Waals surface area contributed by atoms with E-state index in [0.717, 1.165) is 8.95 Å². The zero-order valence-corrected chi connectivity index (χ0v) is 12.6. The first kappa shape index (κ1) is 12.3. The summed E-state index contributed by atoms with van der Waals surface area (Å²) in [5.74, 6) is -0.00917. The molecule has 0 spiro atoms. The van der Waals surface area contributed by atoms with Crippen LogP contribution in [-0.4, -0.2) is 5.78 Å². The van der Waals surface area contributed by atoms with Crippen molar-refractivity contribution in [3.63, 3.8) is 0 Å². The summed E-state index contributed by atoms with van der Waals surface area (Å²) in [6.07, 6.45) is 0. The van der Waals surface area contributed by atoms with Crippen molar-refractivity contribution in [2.24, 2.45) is 0 Å². The van der Waals surface area contributed by atoms with E-state index in [1.165, 1.54) is 11.3 Å². The van der Waals surface area contributed by atoms with E-state index in [2.05, 4.69) is 31.9 Å². The number of benzene rings is 1. The molecule has 0 saturated heterocycles. The molecule has 5 heteroatoms. The number of hydrogen-bond acceptors (Lipinski definition) is 2. The average Bonchev–Trinajstić information content (AvgIpc) is 2.59. The average molecular weight is 380 g/mol. The van der Waals surface area contributed by atoms with Crippen molar-refractivity contribution < 1.29 is 4.79 Å². The molecule has 82 valence electrons. The van der Waals surface area contributed by atoms with E-state index >= 15 is 0 Å². The molecule has 0 atom stereocenters. The second-order valence-electron chi connectivity index (χ2n) is 3.07. The Kier molecular flexibility index (Phi) is 3.85. The molecule has 2 rings (SSSR count). The van der Waals surface area contributed by atoms with E-state index in [1.54, 1.807) is 18.2 Å². The standard InChI is InChI=1S/C11H5Br2ClOS/c12-7-3-1-6(2-4-7)10(15)9-5-8(13)11(14)16-9/h1-5H. The summed E-state index contributed by atoms with van der Waals surface area (Å²) < 4.78 is 2.31. The van der Waals surface area contributed by atoms with Crippen LogP contribution in [0.15, 0.2) is 39.3 Å². The van der Waals surface area contributed by atoms with Gasteiger partial charge in [0.1, 0.15) is 4.34 Å². The van der Waals surface area contributed by atoms with Crippen molar-refractivity contribution in [1.82, 2.24) is 0 Å². The van der Waals surface area contributed by atoms with Crippen LogP contribution < -0.4 is 0 Å². The predicted octanol–water partition coefficient (Wildman–Crippen LogP) is 5.16. The first-order valence-electron chi connectivity index (χ1n) is 4.33. The molecule has 1 aromatic heterocycles. The van der Waals surface area contributed by atoms with Crippen molar-refractivity contribution in [3.05, 3.63) is 54.1 Å². The Morgan fingerprint density at radius 3 is 2.31 bits per heavy atom. The lowest BCUT2D eigenvalue weighted by molar-refractivity contribution is 0.104. The summed E-state index contributed by atoms with van der Waals surface area (Å²) in [5, 5.41) is 0. The molecule has 0 aliphatic rings. The van der Waals surface area contributed by atoms with Gasteiger partial charge >= 0.3 is 0 Å². The van der Waals surface area contributed by atoms with E-state index in [-0.39, 0.29) is 5.78 Å². The number of hydrogen-bond donors (Lipinski definition) is 0. The van der Waals surface area contributed by atoms with Crippen molar-refractivity contribution >= 4 is 60.6 Å². The Hall–Kier alpha value is -0.160. The first-order valence-corrected chi connectivity index (χ1v) is 7.11. The summed E-state index contributed by atoms with van der Waals surface area (Å²) in [5.41, 5.74) is 0.661. The quantitative estimate of drug-likeness (QED) is 0.658. The van der Waals surface area contributed by atoms with Crippen LogP contribution in [0.25, 0.3) is 0 Å². The Bertz CT molecular complexity index is 514. The smallest absolute Gasteiger partial charge is 0.203 e. The van der Waals surface area contributed by atoms with Crippen molar-refractivity contribution in [2.75, 3.05) is 0 Å². The molecule has 0 aliphatic heterocycles. The van der Waals surface area contributed by atoms with Crippen LogP contribution in [0.2, 0.25) is 4.34 Å². The lowest BCUT2D eigenvalue weighted by Gasteiger charge is -1.97.